The van der Waals surface area contributed by atoms with Crippen molar-refractivity contribution in [1.29, 1.82) is 0 Å². The number of nitrogens with two attached hydrogens (primary N) is 1. The van der Waals surface area contributed by atoms with E-state index in [1.807, 2.05) is 0 Å². The zero-order valence-electron chi connectivity index (χ0n) is 11.0. The molecule has 94 valence electrons. The molecule has 2 rings (SSSR count). The minimum absolute atomic E-state index is 0.198. The van der Waals surface area contributed by atoms with Crippen LogP contribution in [-0.4, -0.2) is 24.0 Å². The molecule has 0 saturated carbocycles. The number of nitrogens with zero attached hydrogens (tertiary/aromatic N) is 1. The summed E-state index contributed by atoms with van der Waals surface area (Å²) >= 11 is 0. The minimum atomic E-state index is 0.198. The molecule has 17 heavy (non-hydrogen) atoms. The van der Waals surface area contributed by atoms with Gasteiger partial charge in [0.15, 0.2) is 0 Å². The van der Waals surface area contributed by atoms with Gasteiger partial charge < -0.3 is 5.73 Å². The summed E-state index contributed by atoms with van der Waals surface area (Å²) < 4.78 is 0. The largest absolute Gasteiger partial charge is 0.323 e. The minimum Gasteiger partial charge on any atom is -0.323 e. The van der Waals surface area contributed by atoms with Crippen molar-refractivity contribution in [3.63, 3.8) is 0 Å². The molecule has 2 unspecified atom stereocenters. The van der Waals surface area contributed by atoms with Crippen molar-refractivity contribution < 1.29 is 0 Å². The lowest BCUT2D eigenvalue weighted by Gasteiger charge is -2.31. The first-order valence-electron chi connectivity index (χ1n) is 6.85. The number of rotatable bonds is 5. The number of hydrogen-bond acceptors (Lipinski definition) is 2. The lowest BCUT2D eigenvalue weighted by Crippen LogP contribution is -2.42. The molecule has 2 N–H and O–H groups in total. The van der Waals surface area contributed by atoms with Crippen molar-refractivity contribution in [3.05, 3.63) is 35.4 Å². The monoisotopic (exact) mass is 232 g/mol. The van der Waals surface area contributed by atoms with Crippen molar-refractivity contribution in [1.82, 2.24) is 4.90 Å². The Balaban J connectivity index is 2.14. The third kappa shape index (κ3) is 2.53. The van der Waals surface area contributed by atoms with Crippen LogP contribution < -0.4 is 5.73 Å². The maximum absolute atomic E-state index is 6.41. The molecule has 0 radical (unpaired) electrons. The highest BCUT2D eigenvalue weighted by Gasteiger charge is 2.32. The highest BCUT2D eigenvalue weighted by molar-refractivity contribution is 5.36. The summed E-state index contributed by atoms with van der Waals surface area (Å²) in [5.41, 5.74) is 9.21. The van der Waals surface area contributed by atoms with Crippen LogP contribution >= 0.6 is 0 Å². The smallest absolute Gasteiger partial charge is 0.0459 e. The van der Waals surface area contributed by atoms with Crippen molar-refractivity contribution in [2.24, 2.45) is 5.73 Å². The fraction of sp³-hybridized carbons (Fsp3) is 0.600. The summed E-state index contributed by atoms with van der Waals surface area (Å²) in [6.07, 6.45) is 3.54. The second-order valence-electron chi connectivity index (χ2n) is 5.03. The molecular formula is C15H24N2. The Kier molecular flexibility index (Phi) is 4.19. The standard InChI is InChI=1S/C15H24N2/c1-3-9-17(10-4-2)14-11-12-7-5-6-8-13(12)15(14)16/h5-8,14-15H,3-4,9-11,16H2,1-2H3. The van der Waals surface area contributed by atoms with Crippen LogP contribution in [0.1, 0.15) is 43.9 Å². The van der Waals surface area contributed by atoms with E-state index >= 15 is 0 Å². The van der Waals surface area contributed by atoms with E-state index in [0.717, 1.165) is 6.42 Å². The molecule has 1 aromatic rings. The van der Waals surface area contributed by atoms with Gasteiger partial charge in [-0.3, -0.25) is 4.90 Å². The molecule has 2 nitrogen and oxygen atoms in total. The summed E-state index contributed by atoms with van der Waals surface area (Å²) in [5, 5.41) is 0. The molecule has 0 aromatic heterocycles. The zero-order chi connectivity index (χ0) is 12.3. The number of benzene rings is 1. The summed E-state index contributed by atoms with van der Waals surface area (Å²) in [6.45, 7) is 6.83. The molecule has 0 aliphatic heterocycles. The molecule has 2 atom stereocenters. The summed E-state index contributed by atoms with van der Waals surface area (Å²) in [7, 11) is 0. The first-order chi connectivity index (χ1) is 8.27. The van der Waals surface area contributed by atoms with Gasteiger partial charge in [0.25, 0.3) is 0 Å². The van der Waals surface area contributed by atoms with Gasteiger partial charge >= 0.3 is 0 Å². The maximum atomic E-state index is 6.41. The first-order valence-corrected chi connectivity index (χ1v) is 6.85. The van der Waals surface area contributed by atoms with E-state index in [9.17, 15) is 0 Å². The summed E-state index contributed by atoms with van der Waals surface area (Å²) in [4.78, 5) is 2.57. The van der Waals surface area contributed by atoms with Gasteiger partial charge in [-0.2, -0.15) is 0 Å². The van der Waals surface area contributed by atoms with Crippen molar-refractivity contribution in [2.45, 2.75) is 45.2 Å². The van der Waals surface area contributed by atoms with Gasteiger partial charge in [0.05, 0.1) is 0 Å². The molecular weight excluding hydrogens is 208 g/mol. The molecule has 0 spiro atoms. The lowest BCUT2D eigenvalue weighted by atomic mass is 10.1. The van der Waals surface area contributed by atoms with Crippen LogP contribution in [0.15, 0.2) is 24.3 Å². The Bertz CT molecular complexity index is 356. The van der Waals surface area contributed by atoms with Crippen LogP contribution in [0.3, 0.4) is 0 Å². The van der Waals surface area contributed by atoms with E-state index in [1.54, 1.807) is 0 Å². The van der Waals surface area contributed by atoms with E-state index in [0.29, 0.717) is 6.04 Å². The van der Waals surface area contributed by atoms with Crippen LogP contribution in [0.4, 0.5) is 0 Å². The fourth-order valence-corrected chi connectivity index (χ4v) is 2.98. The molecule has 1 aliphatic rings. The number of fused-ring (bicyclic) bond motifs is 1. The lowest BCUT2D eigenvalue weighted by molar-refractivity contribution is 0.180. The van der Waals surface area contributed by atoms with E-state index in [-0.39, 0.29) is 6.04 Å². The predicted octanol–water partition coefficient (Wildman–Crippen LogP) is 2.73. The molecule has 1 aliphatic carbocycles. The van der Waals surface area contributed by atoms with E-state index in [4.69, 9.17) is 5.73 Å². The van der Waals surface area contributed by atoms with Crippen LogP contribution in [0.2, 0.25) is 0 Å². The van der Waals surface area contributed by atoms with E-state index in [2.05, 4.69) is 43.0 Å². The summed E-state index contributed by atoms with van der Waals surface area (Å²) in [6, 6.07) is 9.35. The Morgan fingerprint density at radius 3 is 2.41 bits per heavy atom. The number of hydrogen-bond donors (Lipinski definition) is 1. The molecule has 1 aromatic carbocycles. The van der Waals surface area contributed by atoms with Crippen molar-refractivity contribution in [3.8, 4) is 0 Å². The predicted molar refractivity (Wildman–Crippen MR) is 73.0 cm³/mol. The van der Waals surface area contributed by atoms with Gasteiger partial charge in [-0.15, -0.1) is 0 Å². The van der Waals surface area contributed by atoms with Crippen molar-refractivity contribution in [2.75, 3.05) is 13.1 Å². The topological polar surface area (TPSA) is 29.3 Å². The Labute approximate surface area is 105 Å². The molecule has 0 fully saturated rings. The molecule has 0 saturated heterocycles. The van der Waals surface area contributed by atoms with Gasteiger partial charge in [-0.05, 0) is 43.5 Å². The second kappa shape index (κ2) is 5.65. The van der Waals surface area contributed by atoms with Crippen molar-refractivity contribution >= 4 is 0 Å². The van der Waals surface area contributed by atoms with E-state index < -0.39 is 0 Å². The van der Waals surface area contributed by atoms with Crippen LogP contribution in [0, 0.1) is 0 Å². The zero-order valence-corrected chi connectivity index (χ0v) is 11.0. The highest BCUT2D eigenvalue weighted by atomic mass is 15.2. The van der Waals surface area contributed by atoms with Gasteiger partial charge in [0.1, 0.15) is 0 Å². The Hall–Kier alpha value is -0.860. The van der Waals surface area contributed by atoms with Crippen LogP contribution in [-0.2, 0) is 6.42 Å². The van der Waals surface area contributed by atoms with Gasteiger partial charge in [-0.25, -0.2) is 0 Å². The van der Waals surface area contributed by atoms with Crippen LogP contribution in [0.25, 0.3) is 0 Å². The average molecular weight is 232 g/mol. The van der Waals surface area contributed by atoms with Gasteiger partial charge in [0, 0.05) is 12.1 Å². The molecule has 0 bridgehead atoms. The maximum Gasteiger partial charge on any atom is 0.0459 e. The third-order valence-electron chi connectivity index (χ3n) is 3.75. The Morgan fingerprint density at radius 1 is 1.18 bits per heavy atom. The fourth-order valence-electron chi connectivity index (χ4n) is 2.98. The van der Waals surface area contributed by atoms with Gasteiger partial charge in [-0.1, -0.05) is 38.1 Å². The van der Waals surface area contributed by atoms with E-state index in [1.165, 1.54) is 37.1 Å². The van der Waals surface area contributed by atoms with Gasteiger partial charge in [0.2, 0.25) is 0 Å². The third-order valence-corrected chi connectivity index (χ3v) is 3.75. The highest BCUT2D eigenvalue weighted by Crippen LogP contribution is 2.32. The summed E-state index contributed by atoms with van der Waals surface area (Å²) in [5.74, 6) is 0. The first kappa shape index (κ1) is 12.6. The molecule has 0 heterocycles. The molecule has 0 amide bonds. The quantitative estimate of drug-likeness (QED) is 0.846. The SMILES string of the molecule is CCCN(CCC)C1Cc2ccccc2C1N. The average Bonchev–Trinajstić information content (AvgIpc) is 2.67. The van der Waals surface area contributed by atoms with Crippen LogP contribution in [0.5, 0.6) is 0 Å². The molecule has 2 heteroatoms. The Morgan fingerprint density at radius 2 is 1.82 bits per heavy atom. The normalized spacial score (nSPS) is 23.1. The second-order valence-corrected chi connectivity index (χ2v) is 5.03.